The molecule has 0 aliphatic carbocycles. The Morgan fingerprint density at radius 2 is 1.83 bits per heavy atom. The van der Waals surface area contributed by atoms with E-state index in [-0.39, 0.29) is 17.9 Å². The first-order chi connectivity index (χ1) is 10.8. The number of rotatable bonds is 5. The highest BCUT2D eigenvalue weighted by Crippen LogP contribution is 2.24. The largest absolute Gasteiger partial charge is 0.369 e. The number of carbonyl (C=O) groups excluding carboxylic acids is 1. The zero-order valence-corrected chi connectivity index (χ0v) is 13.7. The predicted octanol–water partition coefficient (Wildman–Crippen LogP) is 2.97. The Morgan fingerprint density at radius 1 is 1.17 bits per heavy atom. The second-order valence-electron chi connectivity index (χ2n) is 6.54. The first-order valence-corrected chi connectivity index (χ1v) is 7.49. The van der Waals surface area contributed by atoms with Crippen LogP contribution in [-0.2, 0) is 11.3 Å². The average molecular weight is 315 g/mol. The van der Waals surface area contributed by atoms with E-state index in [4.69, 9.17) is 5.73 Å². The van der Waals surface area contributed by atoms with Crippen LogP contribution in [0.15, 0.2) is 42.7 Å². The quantitative estimate of drug-likeness (QED) is 0.923. The van der Waals surface area contributed by atoms with Gasteiger partial charge < -0.3 is 5.73 Å². The number of pyridine rings is 1. The van der Waals surface area contributed by atoms with Gasteiger partial charge in [0.25, 0.3) is 0 Å². The normalized spacial score (nSPS) is 11.7. The number of primary amides is 1. The number of halogens is 1. The summed E-state index contributed by atoms with van der Waals surface area (Å²) in [5, 5.41) is 0. The Hall–Kier alpha value is -2.27. The van der Waals surface area contributed by atoms with Crippen molar-refractivity contribution in [3.05, 3.63) is 54.1 Å². The van der Waals surface area contributed by atoms with Gasteiger partial charge in [0.2, 0.25) is 5.91 Å². The number of hydrogen-bond acceptors (Lipinski definition) is 3. The van der Waals surface area contributed by atoms with Gasteiger partial charge in [0.05, 0.1) is 6.54 Å². The van der Waals surface area contributed by atoms with E-state index in [0.29, 0.717) is 12.1 Å². The second kappa shape index (κ2) is 6.87. The maximum absolute atomic E-state index is 14.5. The standard InChI is InChI=1S/C18H22FN3O/c1-18(2,3)22(12-17(20)23)11-15-5-4-14(10-16(15)19)13-6-8-21-9-7-13/h4-10H,11-12H2,1-3H3,(H2,20,23). The van der Waals surface area contributed by atoms with E-state index in [1.54, 1.807) is 18.5 Å². The van der Waals surface area contributed by atoms with Crippen LogP contribution in [0.1, 0.15) is 26.3 Å². The molecular weight excluding hydrogens is 293 g/mol. The minimum absolute atomic E-state index is 0.0923. The van der Waals surface area contributed by atoms with Gasteiger partial charge in [-0.2, -0.15) is 0 Å². The van der Waals surface area contributed by atoms with Crippen molar-refractivity contribution in [1.29, 1.82) is 0 Å². The summed E-state index contributed by atoms with van der Waals surface area (Å²) in [6.07, 6.45) is 3.35. The number of benzene rings is 1. The fraction of sp³-hybridized carbons (Fsp3) is 0.333. The number of hydrogen-bond donors (Lipinski definition) is 1. The van der Waals surface area contributed by atoms with Crippen LogP contribution in [-0.4, -0.2) is 27.9 Å². The lowest BCUT2D eigenvalue weighted by Crippen LogP contribution is -2.45. The SMILES string of the molecule is CC(C)(C)N(CC(N)=O)Cc1ccc(-c2ccncc2)cc1F. The topological polar surface area (TPSA) is 59.2 Å². The van der Waals surface area contributed by atoms with Crippen molar-refractivity contribution in [1.82, 2.24) is 9.88 Å². The van der Waals surface area contributed by atoms with E-state index in [1.807, 2.05) is 43.9 Å². The molecule has 0 saturated carbocycles. The van der Waals surface area contributed by atoms with E-state index in [0.717, 1.165) is 11.1 Å². The lowest BCUT2D eigenvalue weighted by Gasteiger charge is -2.34. The molecule has 0 aliphatic heterocycles. The highest BCUT2D eigenvalue weighted by Gasteiger charge is 2.24. The van der Waals surface area contributed by atoms with Gasteiger partial charge in [-0.25, -0.2) is 4.39 Å². The number of aromatic nitrogens is 1. The molecule has 2 rings (SSSR count). The summed E-state index contributed by atoms with van der Waals surface area (Å²) in [6, 6.07) is 8.81. The summed E-state index contributed by atoms with van der Waals surface area (Å²) in [5.74, 6) is -0.716. The molecule has 122 valence electrons. The molecule has 1 aromatic carbocycles. The third kappa shape index (κ3) is 4.60. The van der Waals surface area contributed by atoms with Crippen LogP contribution < -0.4 is 5.73 Å². The van der Waals surface area contributed by atoms with Gasteiger partial charge in [-0.15, -0.1) is 0 Å². The number of nitrogens with two attached hydrogens (primary N) is 1. The molecule has 0 aliphatic rings. The van der Waals surface area contributed by atoms with Gasteiger partial charge in [0, 0.05) is 30.0 Å². The van der Waals surface area contributed by atoms with Gasteiger partial charge in [0.15, 0.2) is 0 Å². The lowest BCUT2D eigenvalue weighted by atomic mass is 10.0. The molecule has 4 nitrogen and oxygen atoms in total. The molecule has 0 atom stereocenters. The van der Waals surface area contributed by atoms with Gasteiger partial charge in [-0.1, -0.05) is 12.1 Å². The molecule has 0 radical (unpaired) electrons. The molecule has 0 saturated heterocycles. The molecule has 2 aromatic rings. The number of amides is 1. The van der Waals surface area contributed by atoms with Gasteiger partial charge in [-0.05, 0) is 50.1 Å². The third-order valence-electron chi connectivity index (χ3n) is 3.72. The highest BCUT2D eigenvalue weighted by molar-refractivity contribution is 5.76. The van der Waals surface area contributed by atoms with Crippen molar-refractivity contribution in [2.45, 2.75) is 32.9 Å². The third-order valence-corrected chi connectivity index (χ3v) is 3.72. The van der Waals surface area contributed by atoms with Crippen molar-refractivity contribution >= 4 is 5.91 Å². The monoisotopic (exact) mass is 315 g/mol. The van der Waals surface area contributed by atoms with E-state index in [9.17, 15) is 9.18 Å². The molecule has 23 heavy (non-hydrogen) atoms. The fourth-order valence-electron chi connectivity index (χ4n) is 2.32. The second-order valence-corrected chi connectivity index (χ2v) is 6.54. The molecule has 0 spiro atoms. The van der Waals surface area contributed by atoms with Crippen LogP contribution >= 0.6 is 0 Å². The smallest absolute Gasteiger partial charge is 0.231 e. The molecule has 2 N–H and O–H groups in total. The zero-order chi connectivity index (χ0) is 17.0. The van der Waals surface area contributed by atoms with E-state index >= 15 is 0 Å². The van der Waals surface area contributed by atoms with E-state index in [1.165, 1.54) is 6.07 Å². The minimum atomic E-state index is -0.422. The van der Waals surface area contributed by atoms with Gasteiger partial charge >= 0.3 is 0 Å². The molecule has 1 aromatic heterocycles. The first kappa shape index (κ1) is 17.1. The summed E-state index contributed by atoms with van der Waals surface area (Å²) in [5.41, 5.74) is 7.27. The van der Waals surface area contributed by atoms with Crippen LogP contribution in [0.2, 0.25) is 0 Å². The highest BCUT2D eigenvalue weighted by atomic mass is 19.1. The number of carbonyl (C=O) groups is 1. The summed E-state index contributed by atoms with van der Waals surface area (Å²) in [7, 11) is 0. The maximum atomic E-state index is 14.5. The fourth-order valence-corrected chi connectivity index (χ4v) is 2.32. The Balaban J connectivity index is 2.25. The molecular formula is C18H22FN3O. The Morgan fingerprint density at radius 3 is 2.35 bits per heavy atom. The molecule has 1 amide bonds. The maximum Gasteiger partial charge on any atom is 0.231 e. The number of nitrogens with zero attached hydrogens (tertiary/aromatic N) is 2. The van der Waals surface area contributed by atoms with Crippen molar-refractivity contribution < 1.29 is 9.18 Å². The van der Waals surface area contributed by atoms with Crippen LogP contribution in [0.5, 0.6) is 0 Å². The van der Waals surface area contributed by atoms with Crippen LogP contribution in [0, 0.1) is 5.82 Å². The van der Waals surface area contributed by atoms with Gasteiger partial charge in [-0.3, -0.25) is 14.7 Å². The summed E-state index contributed by atoms with van der Waals surface area (Å²) < 4.78 is 14.5. The molecule has 0 unspecified atom stereocenters. The van der Waals surface area contributed by atoms with Crippen molar-refractivity contribution in [3.63, 3.8) is 0 Å². The summed E-state index contributed by atoms with van der Waals surface area (Å²) in [6.45, 7) is 6.33. The summed E-state index contributed by atoms with van der Waals surface area (Å²) in [4.78, 5) is 17.1. The predicted molar refractivity (Wildman–Crippen MR) is 89.0 cm³/mol. The minimum Gasteiger partial charge on any atom is -0.369 e. The van der Waals surface area contributed by atoms with Crippen molar-refractivity contribution in [2.75, 3.05) is 6.54 Å². The molecule has 0 fully saturated rings. The van der Waals surface area contributed by atoms with Crippen molar-refractivity contribution in [3.8, 4) is 11.1 Å². The molecule has 1 heterocycles. The van der Waals surface area contributed by atoms with Crippen LogP contribution in [0.4, 0.5) is 4.39 Å². The van der Waals surface area contributed by atoms with Crippen LogP contribution in [0.25, 0.3) is 11.1 Å². The Bertz CT molecular complexity index is 680. The zero-order valence-electron chi connectivity index (χ0n) is 13.7. The summed E-state index contributed by atoms with van der Waals surface area (Å²) >= 11 is 0. The van der Waals surface area contributed by atoms with Crippen molar-refractivity contribution in [2.24, 2.45) is 5.73 Å². The van der Waals surface area contributed by atoms with E-state index in [2.05, 4.69) is 4.98 Å². The molecule has 0 bridgehead atoms. The van der Waals surface area contributed by atoms with Gasteiger partial charge in [0.1, 0.15) is 5.82 Å². The lowest BCUT2D eigenvalue weighted by molar-refractivity contribution is -0.120. The molecule has 5 heteroatoms. The Kier molecular flexibility index (Phi) is 5.11. The van der Waals surface area contributed by atoms with E-state index < -0.39 is 5.91 Å². The van der Waals surface area contributed by atoms with Crippen LogP contribution in [0.3, 0.4) is 0 Å². The average Bonchev–Trinajstić information content (AvgIpc) is 2.48. The Labute approximate surface area is 136 Å². The first-order valence-electron chi connectivity index (χ1n) is 7.49.